The number of anilines is 1. The Morgan fingerprint density at radius 2 is 2.33 bits per heavy atom. The highest BCUT2D eigenvalue weighted by Gasteiger charge is 2.14. The number of nitrogens with one attached hydrogen (secondary N) is 1. The van der Waals surface area contributed by atoms with Gasteiger partial charge >= 0.3 is 0 Å². The monoisotopic (exact) mass is 181 g/mol. The third kappa shape index (κ3) is 1.14. The zero-order valence-electron chi connectivity index (χ0n) is 6.96. The molecule has 2 rings (SSSR count). The molecule has 0 aromatic heterocycles. The Morgan fingerprint density at radius 1 is 1.50 bits per heavy atom. The molecule has 1 aromatic carbocycles. The Balaban J connectivity index is 2.56. The van der Waals surface area contributed by atoms with Crippen molar-refractivity contribution < 1.29 is 4.21 Å². The maximum atomic E-state index is 11.3. The summed E-state index contributed by atoms with van der Waals surface area (Å²) in [6.07, 6.45) is 2.74. The van der Waals surface area contributed by atoms with Gasteiger partial charge < -0.3 is 5.32 Å². The molecule has 1 N–H and O–H groups in total. The van der Waals surface area contributed by atoms with Gasteiger partial charge in [0.1, 0.15) is 0 Å². The maximum absolute atomic E-state index is 11.3. The zero-order chi connectivity index (χ0) is 8.55. The second kappa shape index (κ2) is 2.90. The lowest BCUT2D eigenvalue weighted by atomic mass is 10.2. The molecule has 2 nitrogen and oxygen atoms in total. The van der Waals surface area contributed by atoms with Crippen molar-refractivity contribution in [1.82, 2.24) is 0 Å². The van der Waals surface area contributed by atoms with Crippen LogP contribution in [0.5, 0.6) is 0 Å². The zero-order valence-corrected chi connectivity index (χ0v) is 7.78. The van der Waals surface area contributed by atoms with Crippen LogP contribution in [0.2, 0.25) is 0 Å². The molecule has 1 aromatic rings. The normalized spacial score (nSPS) is 16.8. The smallest absolute Gasteiger partial charge is 0.0501 e. The van der Waals surface area contributed by atoms with E-state index in [0.29, 0.717) is 0 Å². The third-order valence-corrected chi connectivity index (χ3v) is 3.14. The van der Waals surface area contributed by atoms with Crippen LogP contribution in [-0.4, -0.2) is 17.0 Å². The molecule has 0 spiro atoms. The van der Waals surface area contributed by atoms with Gasteiger partial charge in [-0.15, -0.1) is 0 Å². The Kier molecular flexibility index (Phi) is 1.89. The van der Waals surface area contributed by atoms with Crippen LogP contribution in [0.25, 0.3) is 0 Å². The molecule has 1 atom stereocenters. The van der Waals surface area contributed by atoms with E-state index in [4.69, 9.17) is 0 Å². The van der Waals surface area contributed by atoms with E-state index in [-0.39, 0.29) is 0 Å². The summed E-state index contributed by atoms with van der Waals surface area (Å²) in [7, 11) is -0.851. The highest BCUT2D eigenvalue weighted by atomic mass is 32.2. The van der Waals surface area contributed by atoms with Crippen molar-refractivity contribution in [1.29, 1.82) is 0 Å². The molecule has 64 valence electrons. The first-order valence-corrected chi connectivity index (χ1v) is 5.54. The number of hydrogen-bond donors (Lipinski definition) is 1. The molecule has 0 fully saturated rings. The van der Waals surface area contributed by atoms with Crippen molar-refractivity contribution in [2.24, 2.45) is 0 Å². The van der Waals surface area contributed by atoms with Gasteiger partial charge in [0.05, 0.1) is 10.8 Å². The number of benzene rings is 1. The standard InChI is InChI=1S/C9H11NOS/c1-12(11)9-4-2-3-8-7(9)5-6-10-8/h2-4,10H,5-6H2,1H3. The lowest BCUT2D eigenvalue weighted by Gasteiger charge is -2.03. The molecule has 12 heavy (non-hydrogen) atoms. The van der Waals surface area contributed by atoms with Crippen LogP contribution in [0.4, 0.5) is 5.69 Å². The lowest BCUT2D eigenvalue weighted by Crippen LogP contribution is -1.92. The van der Waals surface area contributed by atoms with Gasteiger partial charge in [0, 0.05) is 23.4 Å². The van der Waals surface area contributed by atoms with Gasteiger partial charge in [-0.05, 0) is 24.1 Å². The minimum atomic E-state index is -0.851. The van der Waals surface area contributed by atoms with Crippen molar-refractivity contribution in [3.05, 3.63) is 23.8 Å². The summed E-state index contributed by atoms with van der Waals surface area (Å²) in [6.45, 7) is 0.976. The van der Waals surface area contributed by atoms with Crippen molar-refractivity contribution in [2.75, 3.05) is 18.1 Å². The van der Waals surface area contributed by atoms with E-state index in [1.54, 1.807) is 6.26 Å². The highest BCUT2D eigenvalue weighted by molar-refractivity contribution is 7.84. The van der Waals surface area contributed by atoms with Crippen LogP contribution in [0, 0.1) is 0 Å². The topological polar surface area (TPSA) is 29.1 Å². The van der Waals surface area contributed by atoms with E-state index in [9.17, 15) is 4.21 Å². The van der Waals surface area contributed by atoms with Gasteiger partial charge in [-0.25, -0.2) is 0 Å². The Labute approximate surface area is 74.4 Å². The van der Waals surface area contributed by atoms with Gasteiger partial charge in [0.2, 0.25) is 0 Å². The predicted molar refractivity (Wildman–Crippen MR) is 51.0 cm³/mol. The second-order valence-electron chi connectivity index (χ2n) is 2.91. The van der Waals surface area contributed by atoms with Crippen LogP contribution in [0.1, 0.15) is 5.56 Å². The molecular weight excluding hydrogens is 170 g/mol. The van der Waals surface area contributed by atoms with Gasteiger partial charge in [-0.2, -0.15) is 0 Å². The van der Waals surface area contributed by atoms with Crippen LogP contribution >= 0.6 is 0 Å². The van der Waals surface area contributed by atoms with Crippen molar-refractivity contribution in [3.8, 4) is 0 Å². The fourth-order valence-corrected chi connectivity index (χ4v) is 2.41. The Morgan fingerprint density at radius 3 is 3.08 bits per heavy atom. The van der Waals surface area contributed by atoms with Gasteiger partial charge in [-0.1, -0.05) is 6.07 Å². The molecule has 1 unspecified atom stereocenters. The van der Waals surface area contributed by atoms with Gasteiger partial charge in [0.25, 0.3) is 0 Å². The molecule has 0 amide bonds. The number of hydrogen-bond acceptors (Lipinski definition) is 2. The Bertz CT molecular complexity index is 335. The number of fused-ring (bicyclic) bond motifs is 1. The summed E-state index contributed by atoms with van der Waals surface area (Å²) in [5.41, 5.74) is 2.39. The summed E-state index contributed by atoms with van der Waals surface area (Å²) in [5.74, 6) is 0. The predicted octanol–water partition coefficient (Wildman–Crippen LogP) is 1.39. The minimum Gasteiger partial charge on any atom is -0.384 e. The summed E-state index contributed by atoms with van der Waals surface area (Å²) in [6, 6.07) is 5.94. The van der Waals surface area contributed by atoms with Gasteiger partial charge in [-0.3, -0.25) is 4.21 Å². The van der Waals surface area contributed by atoms with E-state index >= 15 is 0 Å². The van der Waals surface area contributed by atoms with Crippen molar-refractivity contribution >= 4 is 16.5 Å². The van der Waals surface area contributed by atoms with Crippen LogP contribution in [0.15, 0.2) is 23.1 Å². The molecule has 0 saturated carbocycles. The average Bonchev–Trinajstić information content (AvgIpc) is 2.49. The highest BCUT2D eigenvalue weighted by Crippen LogP contribution is 2.26. The molecule has 3 heteroatoms. The van der Waals surface area contributed by atoms with Gasteiger partial charge in [0.15, 0.2) is 0 Å². The third-order valence-electron chi connectivity index (χ3n) is 2.13. The lowest BCUT2D eigenvalue weighted by molar-refractivity contribution is 0.686. The van der Waals surface area contributed by atoms with Crippen LogP contribution < -0.4 is 5.32 Å². The quantitative estimate of drug-likeness (QED) is 0.709. The molecule has 0 radical (unpaired) electrons. The fourth-order valence-electron chi connectivity index (χ4n) is 1.58. The first kappa shape index (κ1) is 7.80. The fraction of sp³-hybridized carbons (Fsp3) is 0.333. The van der Waals surface area contributed by atoms with Crippen molar-refractivity contribution in [2.45, 2.75) is 11.3 Å². The second-order valence-corrected chi connectivity index (χ2v) is 4.26. The van der Waals surface area contributed by atoms with Crippen LogP contribution in [-0.2, 0) is 17.2 Å². The van der Waals surface area contributed by atoms with E-state index in [1.807, 2.05) is 18.2 Å². The first-order valence-electron chi connectivity index (χ1n) is 3.98. The van der Waals surface area contributed by atoms with Crippen LogP contribution in [0.3, 0.4) is 0 Å². The summed E-state index contributed by atoms with van der Waals surface area (Å²) in [4.78, 5) is 0.984. The largest absolute Gasteiger partial charge is 0.384 e. The molecule has 1 heterocycles. The Hall–Kier alpha value is -0.830. The molecule has 0 saturated heterocycles. The molecule has 1 aliphatic heterocycles. The maximum Gasteiger partial charge on any atom is 0.0501 e. The molecule has 1 aliphatic rings. The summed E-state index contributed by atoms with van der Waals surface area (Å²) >= 11 is 0. The summed E-state index contributed by atoms with van der Waals surface area (Å²) in [5, 5.41) is 3.26. The average molecular weight is 181 g/mol. The summed E-state index contributed by atoms with van der Waals surface area (Å²) < 4.78 is 11.3. The van der Waals surface area contributed by atoms with E-state index < -0.39 is 10.8 Å². The SMILES string of the molecule is CS(=O)c1cccc2c1CCN2. The van der Waals surface area contributed by atoms with E-state index in [1.165, 1.54) is 5.56 Å². The number of rotatable bonds is 1. The first-order chi connectivity index (χ1) is 5.79. The molecule has 0 bridgehead atoms. The molecule has 0 aliphatic carbocycles. The van der Waals surface area contributed by atoms with E-state index in [2.05, 4.69) is 5.32 Å². The molecular formula is C9H11NOS. The van der Waals surface area contributed by atoms with E-state index in [0.717, 1.165) is 23.5 Å². The minimum absolute atomic E-state index is 0.851. The van der Waals surface area contributed by atoms with Crippen molar-refractivity contribution in [3.63, 3.8) is 0 Å².